The number of guanidine groups is 1. The molecular formula is C18H26N4S2. The Morgan fingerprint density at radius 1 is 1.42 bits per heavy atom. The van der Waals surface area contributed by atoms with E-state index in [0.29, 0.717) is 0 Å². The average Bonchev–Trinajstić information content (AvgIpc) is 3.04. The van der Waals surface area contributed by atoms with Crippen molar-refractivity contribution in [2.75, 3.05) is 32.4 Å². The van der Waals surface area contributed by atoms with Gasteiger partial charge in [-0.15, -0.1) is 11.3 Å². The summed E-state index contributed by atoms with van der Waals surface area (Å²) in [5.41, 5.74) is 1.12. The van der Waals surface area contributed by atoms with Crippen LogP contribution in [-0.2, 0) is 6.42 Å². The van der Waals surface area contributed by atoms with Gasteiger partial charge in [0.1, 0.15) is 0 Å². The molecule has 24 heavy (non-hydrogen) atoms. The minimum absolute atomic E-state index is 0.736. The van der Waals surface area contributed by atoms with Gasteiger partial charge in [0.15, 0.2) is 5.96 Å². The van der Waals surface area contributed by atoms with Gasteiger partial charge in [0.2, 0.25) is 0 Å². The van der Waals surface area contributed by atoms with Gasteiger partial charge in [0.05, 0.1) is 15.2 Å². The molecule has 0 aliphatic carbocycles. The highest BCUT2D eigenvalue weighted by Crippen LogP contribution is 2.22. The van der Waals surface area contributed by atoms with E-state index in [4.69, 9.17) is 4.98 Å². The Hall–Kier alpha value is -1.27. The number of nitrogens with one attached hydrogen (secondary N) is 1. The normalized spacial score (nSPS) is 19.0. The second-order valence-corrected chi connectivity index (χ2v) is 8.52. The van der Waals surface area contributed by atoms with Gasteiger partial charge in [-0.2, -0.15) is 11.8 Å². The summed E-state index contributed by atoms with van der Waals surface area (Å²) in [6.07, 6.45) is 3.34. The number of hydrogen-bond donors (Lipinski definition) is 1. The zero-order valence-electron chi connectivity index (χ0n) is 14.5. The lowest BCUT2D eigenvalue weighted by Gasteiger charge is -2.34. The van der Waals surface area contributed by atoms with Crippen LogP contribution >= 0.6 is 23.1 Å². The first kappa shape index (κ1) is 17.5. The summed E-state index contributed by atoms with van der Waals surface area (Å²) >= 11 is 3.90. The van der Waals surface area contributed by atoms with Crippen LogP contribution in [0.2, 0.25) is 0 Å². The number of aliphatic imine (C=N–C) groups is 1. The molecule has 1 aliphatic rings. The molecule has 0 radical (unpaired) electrons. The fourth-order valence-corrected chi connectivity index (χ4v) is 5.15. The number of nitrogens with zero attached hydrogens (tertiary/aromatic N) is 3. The fraction of sp³-hybridized carbons (Fsp3) is 0.556. The zero-order chi connectivity index (χ0) is 16.8. The Morgan fingerprint density at radius 2 is 2.29 bits per heavy atom. The highest BCUT2D eigenvalue weighted by atomic mass is 32.2. The summed E-state index contributed by atoms with van der Waals surface area (Å²) in [6.45, 7) is 5.43. The van der Waals surface area contributed by atoms with Crippen LogP contribution in [0.1, 0.15) is 24.8 Å². The largest absolute Gasteiger partial charge is 0.356 e. The summed E-state index contributed by atoms with van der Waals surface area (Å²) in [7, 11) is 1.89. The van der Waals surface area contributed by atoms with Crippen LogP contribution in [0.5, 0.6) is 0 Å². The van der Waals surface area contributed by atoms with Gasteiger partial charge in [0.25, 0.3) is 0 Å². The van der Waals surface area contributed by atoms with Crippen LogP contribution < -0.4 is 5.32 Å². The maximum absolute atomic E-state index is 4.71. The lowest BCUT2D eigenvalue weighted by molar-refractivity contribution is 0.408. The molecule has 0 saturated carbocycles. The number of rotatable bonds is 5. The SMILES string of the molecule is CCC1CN(C(=NC)NCCCc2nc3ccccc3s2)CCS1. The monoisotopic (exact) mass is 362 g/mol. The molecule has 1 unspecified atom stereocenters. The smallest absolute Gasteiger partial charge is 0.193 e. The molecule has 2 aromatic rings. The number of aryl methyl sites for hydroxylation is 1. The van der Waals surface area contributed by atoms with E-state index in [-0.39, 0.29) is 0 Å². The molecule has 1 atom stereocenters. The molecule has 4 nitrogen and oxygen atoms in total. The number of fused-ring (bicyclic) bond motifs is 1. The molecule has 130 valence electrons. The predicted molar refractivity (Wildman–Crippen MR) is 107 cm³/mol. The van der Waals surface area contributed by atoms with Crippen LogP contribution in [-0.4, -0.2) is 53.5 Å². The Kier molecular flexibility index (Phi) is 6.37. The van der Waals surface area contributed by atoms with E-state index in [2.05, 4.69) is 58.2 Å². The quantitative estimate of drug-likeness (QED) is 0.501. The molecule has 1 aromatic heterocycles. The molecule has 2 heterocycles. The average molecular weight is 363 g/mol. The molecule has 1 N–H and O–H groups in total. The molecular weight excluding hydrogens is 336 g/mol. The van der Waals surface area contributed by atoms with E-state index < -0.39 is 0 Å². The standard InChI is InChI=1S/C18H26N4S2/c1-3-14-13-22(11-12-23-14)18(19-2)20-10-6-9-17-21-15-7-4-5-8-16(15)24-17/h4-5,7-8,14H,3,6,9-13H2,1-2H3,(H,19,20). The van der Waals surface area contributed by atoms with Crippen LogP contribution in [0.25, 0.3) is 10.2 Å². The van der Waals surface area contributed by atoms with Crippen molar-refractivity contribution in [3.8, 4) is 0 Å². The van der Waals surface area contributed by atoms with Crippen molar-refractivity contribution in [2.45, 2.75) is 31.4 Å². The summed E-state index contributed by atoms with van der Waals surface area (Å²) in [6, 6.07) is 8.37. The number of thioether (sulfide) groups is 1. The van der Waals surface area contributed by atoms with Gasteiger partial charge >= 0.3 is 0 Å². The van der Waals surface area contributed by atoms with Crippen LogP contribution in [0, 0.1) is 0 Å². The van der Waals surface area contributed by atoms with Gasteiger partial charge in [-0.3, -0.25) is 4.99 Å². The molecule has 1 aliphatic heterocycles. The third-order valence-electron chi connectivity index (χ3n) is 4.29. The summed E-state index contributed by atoms with van der Waals surface area (Å²) in [5.74, 6) is 2.25. The molecule has 1 aromatic carbocycles. The van der Waals surface area contributed by atoms with Crippen LogP contribution in [0.15, 0.2) is 29.3 Å². The second kappa shape index (κ2) is 8.72. The van der Waals surface area contributed by atoms with E-state index >= 15 is 0 Å². The highest BCUT2D eigenvalue weighted by molar-refractivity contribution is 8.00. The maximum atomic E-state index is 4.71. The molecule has 1 saturated heterocycles. The van der Waals surface area contributed by atoms with Gasteiger partial charge in [0, 0.05) is 44.1 Å². The number of aromatic nitrogens is 1. The Bertz CT molecular complexity index is 649. The number of hydrogen-bond acceptors (Lipinski definition) is 4. The predicted octanol–water partition coefficient (Wildman–Crippen LogP) is 3.63. The molecule has 0 bridgehead atoms. The topological polar surface area (TPSA) is 40.5 Å². The lowest BCUT2D eigenvalue weighted by Crippen LogP contribution is -2.48. The number of benzene rings is 1. The van der Waals surface area contributed by atoms with E-state index in [1.54, 1.807) is 0 Å². The molecule has 0 amide bonds. The minimum atomic E-state index is 0.736. The van der Waals surface area contributed by atoms with Crippen LogP contribution in [0.4, 0.5) is 0 Å². The van der Waals surface area contributed by atoms with E-state index in [9.17, 15) is 0 Å². The van der Waals surface area contributed by atoms with Crippen molar-refractivity contribution in [3.05, 3.63) is 29.3 Å². The zero-order valence-corrected chi connectivity index (χ0v) is 16.1. The van der Waals surface area contributed by atoms with Crippen molar-refractivity contribution >= 4 is 39.3 Å². The third kappa shape index (κ3) is 4.42. The van der Waals surface area contributed by atoms with Gasteiger partial charge in [-0.05, 0) is 25.0 Å². The molecule has 6 heteroatoms. The van der Waals surface area contributed by atoms with Crippen molar-refractivity contribution in [1.29, 1.82) is 0 Å². The molecule has 0 spiro atoms. The van der Waals surface area contributed by atoms with Crippen molar-refractivity contribution in [2.24, 2.45) is 4.99 Å². The number of thiazole rings is 1. The van der Waals surface area contributed by atoms with Gasteiger partial charge < -0.3 is 10.2 Å². The summed E-state index contributed by atoms with van der Waals surface area (Å²) in [4.78, 5) is 11.6. The third-order valence-corrected chi connectivity index (χ3v) is 6.76. The van der Waals surface area contributed by atoms with Gasteiger partial charge in [-0.1, -0.05) is 19.1 Å². The van der Waals surface area contributed by atoms with E-state index in [1.807, 2.05) is 18.4 Å². The van der Waals surface area contributed by atoms with Crippen molar-refractivity contribution in [3.63, 3.8) is 0 Å². The Morgan fingerprint density at radius 3 is 3.08 bits per heavy atom. The first-order chi connectivity index (χ1) is 11.8. The van der Waals surface area contributed by atoms with Crippen LogP contribution in [0.3, 0.4) is 0 Å². The highest BCUT2D eigenvalue weighted by Gasteiger charge is 2.21. The molecule has 3 rings (SSSR count). The van der Waals surface area contributed by atoms with Crippen molar-refractivity contribution in [1.82, 2.24) is 15.2 Å². The van der Waals surface area contributed by atoms with E-state index in [1.165, 1.54) is 21.9 Å². The maximum Gasteiger partial charge on any atom is 0.193 e. The Labute approximate surface area is 152 Å². The summed E-state index contributed by atoms with van der Waals surface area (Å²) < 4.78 is 1.28. The Balaban J connectivity index is 1.46. The van der Waals surface area contributed by atoms with E-state index in [0.717, 1.165) is 49.2 Å². The summed E-state index contributed by atoms with van der Waals surface area (Å²) in [5, 5.41) is 5.50. The van der Waals surface area contributed by atoms with Gasteiger partial charge in [-0.25, -0.2) is 4.98 Å². The molecule has 1 fully saturated rings. The number of para-hydroxylation sites is 1. The first-order valence-corrected chi connectivity index (χ1v) is 10.6. The first-order valence-electron chi connectivity index (χ1n) is 8.71. The lowest BCUT2D eigenvalue weighted by atomic mass is 10.3. The van der Waals surface area contributed by atoms with Crippen molar-refractivity contribution < 1.29 is 0 Å². The fourth-order valence-electron chi connectivity index (χ4n) is 2.96. The second-order valence-electron chi connectivity index (χ2n) is 6.00. The minimum Gasteiger partial charge on any atom is -0.356 e.